The van der Waals surface area contributed by atoms with Crippen LogP contribution in [0.1, 0.15) is 6.42 Å². The molecule has 1 aromatic carbocycles. The van der Waals surface area contributed by atoms with Crippen LogP contribution in [0.2, 0.25) is 5.02 Å². The largest absolute Gasteiger partial charge is 0.433 e. The Kier molecular flexibility index (Phi) is 6.60. The molecule has 0 spiro atoms. The second kappa shape index (κ2) is 7.74. The molecule has 0 aliphatic carbocycles. The normalized spacial score (nSPS) is 21.0. The minimum absolute atomic E-state index is 0. The lowest BCUT2D eigenvalue weighted by Gasteiger charge is -2.12. The summed E-state index contributed by atoms with van der Waals surface area (Å²) in [5, 5.41) is 14.7. The van der Waals surface area contributed by atoms with Gasteiger partial charge in [0, 0.05) is 12.2 Å². The predicted octanol–water partition coefficient (Wildman–Crippen LogP) is 2.02. The SMILES string of the molecule is Cl.O=C(Nc1ccc(OC(F)F)c(Cl)c1)C1CC(O)CN1. The van der Waals surface area contributed by atoms with Crippen LogP contribution >= 0.6 is 24.0 Å². The number of alkyl halides is 2. The molecular weight excluding hydrogens is 329 g/mol. The van der Waals surface area contributed by atoms with Crippen molar-refractivity contribution < 1.29 is 23.4 Å². The quantitative estimate of drug-likeness (QED) is 0.782. The number of rotatable bonds is 4. The molecule has 1 saturated heterocycles. The molecule has 0 saturated carbocycles. The summed E-state index contributed by atoms with van der Waals surface area (Å²) in [4.78, 5) is 11.9. The van der Waals surface area contributed by atoms with Crippen LogP contribution in [0.25, 0.3) is 0 Å². The maximum Gasteiger partial charge on any atom is 0.387 e. The zero-order chi connectivity index (χ0) is 14.7. The molecule has 1 heterocycles. The van der Waals surface area contributed by atoms with Crippen molar-refractivity contribution in [3.8, 4) is 5.75 Å². The number of aliphatic hydroxyl groups is 1. The van der Waals surface area contributed by atoms with E-state index < -0.39 is 18.8 Å². The van der Waals surface area contributed by atoms with Gasteiger partial charge in [-0.1, -0.05) is 11.6 Å². The van der Waals surface area contributed by atoms with E-state index >= 15 is 0 Å². The van der Waals surface area contributed by atoms with Crippen LogP contribution in [0, 0.1) is 0 Å². The van der Waals surface area contributed by atoms with Crippen molar-refractivity contribution in [3.63, 3.8) is 0 Å². The molecular formula is C12H14Cl2F2N2O3. The van der Waals surface area contributed by atoms with E-state index in [0.29, 0.717) is 18.7 Å². The van der Waals surface area contributed by atoms with Crippen molar-refractivity contribution in [2.75, 3.05) is 11.9 Å². The molecule has 118 valence electrons. The Hall–Kier alpha value is -1.15. The van der Waals surface area contributed by atoms with Crippen molar-refractivity contribution in [1.29, 1.82) is 0 Å². The van der Waals surface area contributed by atoms with Gasteiger partial charge in [-0.2, -0.15) is 8.78 Å². The molecule has 2 atom stereocenters. The zero-order valence-corrected chi connectivity index (χ0v) is 12.3. The average Bonchev–Trinajstić information content (AvgIpc) is 2.79. The lowest BCUT2D eigenvalue weighted by Crippen LogP contribution is -2.35. The number of benzene rings is 1. The molecule has 3 N–H and O–H groups in total. The monoisotopic (exact) mass is 342 g/mol. The fourth-order valence-corrected chi connectivity index (χ4v) is 2.14. The number of nitrogens with one attached hydrogen (secondary N) is 2. The van der Waals surface area contributed by atoms with Gasteiger partial charge in [0.15, 0.2) is 0 Å². The van der Waals surface area contributed by atoms with Gasteiger partial charge in [-0.25, -0.2) is 0 Å². The second-order valence-electron chi connectivity index (χ2n) is 4.36. The summed E-state index contributed by atoms with van der Waals surface area (Å²) in [6, 6.07) is 3.50. The van der Waals surface area contributed by atoms with Gasteiger partial charge in [-0.15, -0.1) is 12.4 Å². The Morgan fingerprint density at radius 1 is 1.52 bits per heavy atom. The van der Waals surface area contributed by atoms with Crippen molar-refractivity contribution in [2.45, 2.75) is 25.2 Å². The molecule has 0 bridgehead atoms. The average molecular weight is 343 g/mol. The van der Waals surface area contributed by atoms with Crippen LogP contribution in [-0.2, 0) is 4.79 Å². The van der Waals surface area contributed by atoms with Crippen molar-refractivity contribution >= 4 is 35.6 Å². The fourth-order valence-electron chi connectivity index (χ4n) is 1.92. The lowest BCUT2D eigenvalue weighted by atomic mass is 10.2. The van der Waals surface area contributed by atoms with E-state index in [4.69, 9.17) is 11.6 Å². The number of amides is 1. The highest BCUT2D eigenvalue weighted by atomic mass is 35.5. The molecule has 1 aliphatic rings. The van der Waals surface area contributed by atoms with Crippen LogP contribution in [0.5, 0.6) is 5.75 Å². The summed E-state index contributed by atoms with van der Waals surface area (Å²) in [6.45, 7) is -2.60. The third-order valence-corrected chi connectivity index (χ3v) is 3.13. The van der Waals surface area contributed by atoms with Crippen LogP contribution in [0.4, 0.5) is 14.5 Å². The number of anilines is 1. The zero-order valence-electron chi connectivity index (χ0n) is 10.7. The van der Waals surface area contributed by atoms with E-state index in [9.17, 15) is 18.7 Å². The first-order valence-corrected chi connectivity index (χ1v) is 6.30. The van der Waals surface area contributed by atoms with Gasteiger partial charge in [0.25, 0.3) is 0 Å². The Labute approximate surface area is 131 Å². The van der Waals surface area contributed by atoms with E-state index in [0.717, 1.165) is 0 Å². The molecule has 1 aliphatic heterocycles. The van der Waals surface area contributed by atoms with Gasteiger partial charge >= 0.3 is 6.61 Å². The van der Waals surface area contributed by atoms with Crippen LogP contribution < -0.4 is 15.4 Å². The molecule has 1 amide bonds. The molecule has 21 heavy (non-hydrogen) atoms. The third kappa shape index (κ3) is 4.96. The van der Waals surface area contributed by atoms with Gasteiger partial charge in [-0.05, 0) is 24.6 Å². The summed E-state index contributed by atoms with van der Waals surface area (Å²) >= 11 is 5.77. The van der Waals surface area contributed by atoms with E-state index in [1.165, 1.54) is 18.2 Å². The number of halogens is 4. The Bertz CT molecular complexity index is 505. The Morgan fingerprint density at radius 3 is 2.76 bits per heavy atom. The summed E-state index contributed by atoms with van der Waals surface area (Å²) in [7, 11) is 0. The van der Waals surface area contributed by atoms with Crippen LogP contribution in [0.15, 0.2) is 18.2 Å². The first-order chi connectivity index (χ1) is 9.45. The second-order valence-corrected chi connectivity index (χ2v) is 4.77. The molecule has 2 unspecified atom stereocenters. The number of hydrogen-bond donors (Lipinski definition) is 3. The summed E-state index contributed by atoms with van der Waals surface area (Å²) in [6.07, 6.45) is -0.220. The maximum absolute atomic E-state index is 12.1. The van der Waals surface area contributed by atoms with E-state index in [1.54, 1.807) is 0 Å². The summed E-state index contributed by atoms with van der Waals surface area (Å²) < 4.78 is 28.3. The minimum Gasteiger partial charge on any atom is -0.433 e. The molecule has 2 rings (SSSR count). The Morgan fingerprint density at radius 2 is 2.24 bits per heavy atom. The van der Waals surface area contributed by atoms with E-state index in [-0.39, 0.29) is 29.1 Å². The molecule has 1 aromatic rings. The highest BCUT2D eigenvalue weighted by Gasteiger charge is 2.28. The Balaban J connectivity index is 0.00000220. The number of carbonyl (C=O) groups excluding carboxylic acids is 1. The van der Waals surface area contributed by atoms with Crippen molar-refractivity contribution in [3.05, 3.63) is 23.2 Å². The molecule has 0 aromatic heterocycles. The first-order valence-electron chi connectivity index (χ1n) is 5.92. The topological polar surface area (TPSA) is 70.6 Å². The summed E-state index contributed by atoms with van der Waals surface area (Å²) in [5.74, 6) is -0.478. The van der Waals surface area contributed by atoms with Crippen molar-refractivity contribution in [2.24, 2.45) is 0 Å². The molecule has 9 heteroatoms. The van der Waals surface area contributed by atoms with Gasteiger partial charge in [0.2, 0.25) is 5.91 Å². The minimum atomic E-state index is -2.96. The van der Waals surface area contributed by atoms with E-state index in [1.807, 2.05) is 0 Å². The first kappa shape index (κ1) is 17.9. The molecule has 0 radical (unpaired) electrons. The predicted molar refractivity (Wildman–Crippen MR) is 76.4 cm³/mol. The molecule has 1 fully saturated rings. The van der Waals surface area contributed by atoms with Gasteiger partial charge < -0.3 is 20.5 Å². The standard InChI is InChI=1S/C12H13ClF2N2O3.ClH/c13-8-3-6(1-2-10(8)20-12(14)15)17-11(19)9-4-7(18)5-16-9;/h1-3,7,9,12,16,18H,4-5H2,(H,17,19);1H. The number of hydrogen-bond acceptors (Lipinski definition) is 4. The smallest absolute Gasteiger partial charge is 0.387 e. The fraction of sp³-hybridized carbons (Fsp3) is 0.417. The van der Waals surface area contributed by atoms with E-state index in [2.05, 4.69) is 15.4 Å². The number of aliphatic hydroxyl groups excluding tert-OH is 1. The van der Waals surface area contributed by atoms with Gasteiger partial charge in [-0.3, -0.25) is 4.79 Å². The van der Waals surface area contributed by atoms with Crippen LogP contribution in [-0.4, -0.2) is 36.3 Å². The highest BCUT2D eigenvalue weighted by molar-refractivity contribution is 6.32. The van der Waals surface area contributed by atoms with Gasteiger partial charge in [0.05, 0.1) is 17.2 Å². The van der Waals surface area contributed by atoms with Crippen LogP contribution in [0.3, 0.4) is 0 Å². The maximum atomic E-state index is 12.1. The third-order valence-electron chi connectivity index (χ3n) is 2.84. The lowest BCUT2D eigenvalue weighted by molar-refractivity contribution is -0.117. The van der Waals surface area contributed by atoms with Crippen molar-refractivity contribution in [1.82, 2.24) is 5.32 Å². The molecule has 5 nitrogen and oxygen atoms in total. The number of carbonyl (C=O) groups is 1. The number of β-amino-alcohol motifs (C(OH)–C–C–N with tert-alkyl or cyclic N) is 1. The number of ether oxygens (including phenoxy) is 1. The van der Waals surface area contributed by atoms with Gasteiger partial charge in [0.1, 0.15) is 5.75 Å². The summed E-state index contributed by atoms with van der Waals surface area (Å²) in [5.41, 5.74) is 0.366. The highest BCUT2D eigenvalue weighted by Crippen LogP contribution is 2.29.